The van der Waals surface area contributed by atoms with Gasteiger partial charge < -0.3 is 22.9 Å². The van der Waals surface area contributed by atoms with E-state index in [9.17, 15) is 4.79 Å². The van der Waals surface area contributed by atoms with Crippen LogP contribution in [-0.2, 0) is 6.54 Å². The van der Waals surface area contributed by atoms with Crippen molar-refractivity contribution in [2.75, 3.05) is 33.5 Å². The van der Waals surface area contributed by atoms with Crippen molar-refractivity contribution >= 4 is 11.6 Å². The highest BCUT2D eigenvalue weighted by atomic mass is 35.5. The van der Waals surface area contributed by atoms with Crippen LogP contribution in [0.5, 0.6) is 5.75 Å². The number of benzene rings is 2. The number of amides is 1. The van der Waals surface area contributed by atoms with Crippen molar-refractivity contribution in [3.63, 3.8) is 0 Å². The summed E-state index contributed by atoms with van der Waals surface area (Å²) in [5.74, 6) is 0.681. The highest BCUT2D eigenvalue weighted by Gasteiger charge is 2.32. The molecule has 0 fully saturated rings. The third kappa shape index (κ3) is 4.90. The number of rotatable bonds is 7. The molecule has 0 saturated heterocycles. The summed E-state index contributed by atoms with van der Waals surface area (Å²) < 4.78 is 5.71. The number of carbonyl (C=O) groups excluding carboxylic acids is 1. The van der Waals surface area contributed by atoms with Gasteiger partial charge in [0.25, 0.3) is 5.91 Å². The van der Waals surface area contributed by atoms with Crippen LogP contribution < -0.4 is 22.9 Å². The second kappa shape index (κ2) is 9.46. The van der Waals surface area contributed by atoms with E-state index in [0.717, 1.165) is 18.5 Å². The molecule has 0 heterocycles. The molecule has 0 aliphatic heterocycles. The Morgan fingerprint density at radius 1 is 1.19 bits per heavy atom. The van der Waals surface area contributed by atoms with Gasteiger partial charge in [0.2, 0.25) is 0 Å². The van der Waals surface area contributed by atoms with E-state index in [1.165, 1.54) is 0 Å². The van der Waals surface area contributed by atoms with Gasteiger partial charge in [0.1, 0.15) is 18.8 Å². The molecule has 2 aromatic carbocycles. The summed E-state index contributed by atoms with van der Waals surface area (Å²) in [7, 11) is 5.54. The van der Waals surface area contributed by atoms with E-state index in [0.29, 0.717) is 28.1 Å². The smallest absolute Gasteiger partial charge is 0.298 e. The van der Waals surface area contributed by atoms with Gasteiger partial charge in [0.15, 0.2) is 0 Å². The lowest BCUT2D eigenvalue weighted by Gasteiger charge is -2.40. The van der Waals surface area contributed by atoms with Crippen molar-refractivity contribution in [2.45, 2.75) is 19.9 Å². The number of ether oxygens (including phenoxy) is 1. The third-order valence-corrected chi connectivity index (χ3v) is 4.56. The van der Waals surface area contributed by atoms with Crippen molar-refractivity contribution in [1.82, 2.24) is 5.01 Å². The van der Waals surface area contributed by atoms with Crippen LogP contribution in [0.4, 0.5) is 5.69 Å². The molecule has 2 aromatic rings. The maximum absolute atomic E-state index is 12.9. The minimum Gasteiger partial charge on any atom is -1.00 e. The fraction of sp³-hybridized carbons (Fsp3) is 0.350. The third-order valence-electron chi connectivity index (χ3n) is 4.56. The van der Waals surface area contributed by atoms with Gasteiger partial charge in [-0.05, 0) is 36.8 Å². The molecule has 0 aliphatic rings. The number of nitrogens with zero attached hydrogens (tertiary/aromatic N) is 2. The molecule has 0 aromatic heterocycles. The molecule has 2 N–H and O–H groups in total. The van der Waals surface area contributed by atoms with Crippen LogP contribution in [0.1, 0.15) is 29.3 Å². The van der Waals surface area contributed by atoms with Crippen LogP contribution in [0.3, 0.4) is 0 Å². The first-order valence-electron chi connectivity index (χ1n) is 8.52. The summed E-state index contributed by atoms with van der Waals surface area (Å²) in [4.78, 5) is 12.9. The molecule has 0 aliphatic carbocycles. The molecule has 0 bridgehead atoms. The summed E-state index contributed by atoms with van der Waals surface area (Å²) in [6.07, 6.45) is 0.967. The number of nitrogens with two attached hydrogens (primary N) is 1. The number of nitrogen functional groups attached to an aromatic ring is 1. The SMILES string of the molecule is CCC[N+](C)(Cc1ccc(OC)c(N)c1)N(C)C(=O)c1ccccc1.[Cl-]. The Labute approximate surface area is 162 Å². The summed E-state index contributed by atoms with van der Waals surface area (Å²) >= 11 is 0. The van der Waals surface area contributed by atoms with E-state index < -0.39 is 0 Å². The number of quaternary nitrogens is 1. The quantitative estimate of drug-likeness (QED) is 0.429. The maximum Gasteiger partial charge on any atom is 0.298 e. The molecule has 1 atom stereocenters. The van der Waals surface area contributed by atoms with E-state index in [1.54, 1.807) is 12.1 Å². The number of anilines is 1. The minimum atomic E-state index is 0. The standard InChI is InChI=1S/C20H28N3O2.ClH/c1-5-13-23(3,15-16-11-12-19(25-4)18(21)14-16)22(2)20(24)17-9-7-6-8-10-17;/h6-12,14H,5,13,15,21H2,1-4H3;1H/q+1;/p-1. The maximum atomic E-state index is 12.9. The van der Waals surface area contributed by atoms with Gasteiger partial charge in [-0.3, -0.25) is 4.79 Å². The second-order valence-electron chi connectivity index (χ2n) is 6.49. The Kier molecular flexibility index (Phi) is 7.93. The summed E-state index contributed by atoms with van der Waals surface area (Å²) in [6, 6.07) is 15.2. The Bertz CT molecular complexity index is 724. The lowest BCUT2D eigenvalue weighted by molar-refractivity contribution is -1.02. The Morgan fingerprint density at radius 3 is 2.38 bits per heavy atom. The Morgan fingerprint density at radius 2 is 1.85 bits per heavy atom. The molecule has 0 saturated carbocycles. The predicted molar refractivity (Wildman–Crippen MR) is 101 cm³/mol. The number of methoxy groups -OCH3 is 1. The number of hydrogen-bond acceptors (Lipinski definition) is 3. The molecule has 2 rings (SSSR count). The van der Waals surface area contributed by atoms with E-state index in [2.05, 4.69) is 14.0 Å². The normalized spacial score (nSPS) is 12.6. The number of hydrogen-bond donors (Lipinski definition) is 1. The molecule has 5 nitrogen and oxygen atoms in total. The van der Waals surface area contributed by atoms with Crippen molar-refractivity contribution < 1.29 is 26.5 Å². The predicted octanol–water partition coefficient (Wildman–Crippen LogP) is 0.325. The fourth-order valence-electron chi connectivity index (χ4n) is 3.08. The molecule has 1 unspecified atom stereocenters. The average Bonchev–Trinajstić information content (AvgIpc) is 2.61. The zero-order chi connectivity index (χ0) is 18.4. The largest absolute Gasteiger partial charge is 1.00 e. The van der Waals surface area contributed by atoms with Gasteiger partial charge in [-0.15, -0.1) is 0 Å². The fourth-order valence-corrected chi connectivity index (χ4v) is 3.08. The zero-order valence-corrected chi connectivity index (χ0v) is 16.7. The van der Waals surface area contributed by atoms with Crippen molar-refractivity contribution in [3.8, 4) is 5.75 Å². The highest BCUT2D eigenvalue weighted by Crippen LogP contribution is 2.25. The number of carbonyl (C=O) groups is 1. The van der Waals surface area contributed by atoms with E-state index in [1.807, 2.05) is 55.6 Å². The second-order valence-corrected chi connectivity index (χ2v) is 6.49. The zero-order valence-electron chi connectivity index (χ0n) is 15.9. The van der Waals surface area contributed by atoms with Crippen LogP contribution in [0.25, 0.3) is 0 Å². The topological polar surface area (TPSA) is 55.6 Å². The highest BCUT2D eigenvalue weighted by molar-refractivity contribution is 5.93. The molecule has 142 valence electrons. The Hall–Kier alpha value is -2.24. The lowest BCUT2D eigenvalue weighted by Crippen LogP contribution is -3.00. The molecular formula is C20H28ClN3O2. The van der Waals surface area contributed by atoms with E-state index in [4.69, 9.17) is 10.5 Å². The minimum absolute atomic E-state index is 0. The van der Waals surface area contributed by atoms with Gasteiger partial charge in [0.05, 0.1) is 26.9 Å². The molecule has 1 amide bonds. The van der Waals surface area contributed by atoms with Gasteiger partial charge >= 0.3 is 0 Å². The lowest BCUT2D eigenvalue weighted by atomic mass is 10.1. The van der Waals surface area contributed by atoms with Crippen LogP contribution in [0.15, 0.2) is 48.5 Å². The first-order valence-corrected chi connectivity index (χ1v) is 8.52. The molecule has 0 radical (unpaired) electrons. The average molecular weight is 378 g/mol. The van der Waals surface area contributed by atoms with Crippen molar-refractivity contribution in [3.05, 3.63) is 59.7 Å². The van der Waals surface area contributed by atoms with Gasteiger partial charge in [0, 0.05) is 11.1 Å². The summed E-state index contributed by atoms with van der Waals surface area (Å²) in [5.41, 5.74) is 8.42. The molecule has 0 spiro atoms. The molecule has 6 heteroatoms. The number of halogens is 1. The first kappa shape index (κ1) is 21.8. The summed E-state index contributed by atoms with van der Waals surface area (Å²) in [6.45, 7) is 3.65. The van der Waals surface area contributed by atoms with E-state index >= 15 is 0 Å². The van der Waals surface area contributed by atoms with Crippen molar-refractivity contribution in [2.24, 2.45) is 0 Å². The van der Waals surface area contributed by atoms with Crippen LogP contribution in [-0.4, -0.2) is 43.3 Å². The first-order chi connectivity index (χ1) is 11.9. The van der Waals surface area contributed by atoms with Crippen LogP contribution in [0, 0.1) is 0 Å². The van der Waals surface area contributed by atoms with E-state index in [-0.39, 0.29) is 18.3 Å². The van der Waals surface area contributed by atoms with Gasteiger partial charge in [-0.2, -0.15) is 5.01 Å². The van der Waals surface area contributed by atoms with Crippen molar-refractivity contribution in [1.29, 1.82) is 0 Å². The molecular weight excluding hydrogens is 350 g/mol. The van der Waals surface area contributed by atoms with Crippen LogP contribution in [0.2, 0.25) is 0 Å². The Balaban J connectivity index is 0.00000338. The van der Waals surface area contributed by atoms with Gasteiger partial charge in [-0.25, -0.2) is 4.59 Å². The molecule has 26 heavy (non-hydrogen) atoms. The van der Waals surface area contributed by atoms with Gasteiger partial charge in [-0.1, -0.05) is 25.1 Å². The monoisotopic (exact) mass is 377 g/mol. The van der Waals surface area contributed by atoms with Crippen LogP contribution >= 0.6 is 0 Å². The summed E-state index contributed by atoms with van der Waals surface area (Å²) in [5, 5.41) is 1.80.